The molecule has 0 bridgehead atoms. The number of alkyl halides is 3. The van der Waals surface area contributed by atoms with Crippen LogP contribution >= 0.6 is 0 Å². The number of nitrogens with zero attached hydrogens (tertiary/aromatic N) is 4. The number of nitro groups is 1. The largest absolute Gasteiger partial charge is 0.474 e. The Hall–Kier alpha value is -2.91. The Morgan fingerprint density at radius 3 is 2.58 bits per heavy atom. The Morgan fingerprint density at radius 2 is 2.04 bits per heavy atom. The molecular weight excluding hydrogens is 353 g/mol. The molecule has 0 aliphatic heterocycles. The van der Waals surface area contributed by atoms with Crippen molar-refractivity contribution in [1.82, 2.24) is 9.97 Å². The molecule has 0 saturated carbocycles. The lowest BCUT2D eigenvalue weighted by Crippen LogP contribution is -2.21. The van der Waals surface area contributed by atoms with Crippen molar-refractivity contribution in [3.8, 4) is 5.88 Å². The molecule has 1 aromatic carbocycles. The Bertz CT molecular complexity index is 797. The van der Waals surface area contributed by atoms with Crippen LogP contribution in [-0.4, -0.2) is 27.5 Å². The SMILES string of the molecule is CCN(c1cccc([N+](=O)[O-])c1)c1ncc(C(F)(F)F)c(OC(C)C)n1. The monoisotopic (exact) mass is 370 g/mol. The lowest BCUT2D eigenvalue weighted by molar-refractivity contribution is -0.384. The lowest BCUT2D eigenvalue weighted by Gasteiger charge is -2.22. The van der Waals surface area contributed by atoms with Gasteiger partial charge in [0.25, 0.3) is 5.69 Å². The topological polar surface area (TPSA) is 81.4 Å². The van der Waals surface area contributed by atoms with Crippen molar-refractivity contribution < 1.29 is 22.8 Å². The number of halogens is 3. The third-order valence-corrected chi connectivity index (χ3v) is 3.30. The number of non-ortho nitro benzene ring substituents is 1. The highest BCUT2D eigenvalue weighted by molar-refractivity contribution is 5.61. The second kappa shape index (κ2) is 7.54. The molecule has 0 unspecified atom stereocenters. The van der Waals surface area contributed by atoms with Crippen molar-refractivity contribution in [1.29, 1.82) is 0 Å². The van der Waals surface area contributed by atoms with E-state index in [9.17, 15) is 23.3 Å². The molecular formula is C16H17F3N4O3. The molecule has 1 heterocycles. The van der Waals surface area contributed by atoms with Crippen LogP contribution in [0.15, 0.2) is 30.5 Å². The predicted octanol–water partition coefficient (Wildman–Crippen LogP) is 4.35. The fourth-order valence-corrected chi connectivity index (χ4v) is 2.21. The zero-order chi connectivity index (χ0) is 19.5. The van der Waals surface area contributed by atoms with Crippen LogP contribution in [-0.2, 0) is 6.18 Å². The average molecular weight is 370 g/mol. The summed E-state index contributed by atoms with van der Waals surface area (Å²) in [7, 11) is 0. The van der Waals surface area contributed by atoms with Crippen LogP contribution < -0.4 is 9.64 Å². The fraction of sp³-hybridized carbons (Fsp3) is 0.375. The molecule has 1 aromatic heterocycles. The molecule has 0 spiro atoms. The summed E-state index contributed by atoms with van der Waals surface area (Å²) in [5.41, 5.74) is -0.839. The van der Waals surface area contributed by atoms with Crippen LogP contribution in [0.25, 0.3) is 0 Å². The van der Waals surface area contributed by atoms with E-state index in [0.717, 1.165) is 0 Å². The van der Waals surface area contributed by atoms with Crippen LogP contribution in [0.4, 0.5) is 30.5 Å². The van der Waals surface area contributed by atoms with Gasteiger partial charge in [-0.2, -0.15) is 18.2 Å². The molecule has 0 N–H and O–H groups in total. The summed E-state index contributed by atoms with van der Waals surface area (Å²) in [6, 6.07) is 5.68. The van der Waals surface area contributed by atoms with Crippen molar-refractivity contribution in [3.05, 3.63) is 46.1 Å². The highest BCUT2D eigenvalue weighted by Crippen LogP contribution is 2.36. The molecule has 0 fully saturated rings. The molecule has 0 saturated heterocycles. The van der Waals surface area contributed by atoms with Gasteiger partial charge in [-0.05, 0) is 26.8 Å². The third kappa shape index (κ3) is 4.38. The first kappa shape index (κ1) is 19.4. The Kier molecular flexibility index (Phi) is 5.63. The first-order valence-corrected chi connectivity index (χ1v) is 7.76. The normalized spacial score (nSPS) is 11.5. The van der Waals surface area contributed by atoms with Crippen LogP contribution in [0.5, 0.6) is 5.88 Å². The predicted molar refractivity (Wildman–Crippen MR) is 88.6 cm³/mol. The van der Waals surface area contributed by atoms with Gasteiger partial charge in [0.1, 0.15) is 5.56 Å². The van der Waals surface area contributed by atoms with Gasteiger partial charge in [0.15, 0.2) is 0 Å². The zero-order valence-electron chi connectivity index (χ0n) is 14.3. The molecule has 10 heteroatoms. The van der Waals surface area contributed by atoms with Crippen LogP contribution in [0.2, 0.25) is 0 Å². The number of hydrogen-bond acceptors (Lipinski definition) is 6. The number of benzene rings is 1. The van der Waals surface area contributed by atoms with E-state index in [1.54, 1.807) is 26.8 Å². The maximum absolute atomic E-state index is 13.1. The van der Waals surface area contributed by atoms with Gasteiger partial charge < -0.3 is 9.64 Å². The number of ether oxygens (including phenoxy) is 1. The summed E-state index contributed by atoms with van der Waals surface area (Å²) < 4.78 is 44.6. The molecule has 0 atom stereocenters. The molecule has 140 valence electrons. The van der Waals surface area contributed by atoms with Gasteiger partial charge in [-0.15, -0.1) is 0 Å². The molecule has 0 aliphatic carbocycles. The van der Waals surface area contributed by atoms with Gasteiger partial charge in [0, 0.05) is 24.9 Å². The molecule has 2 aromatic rings. The van der Waals surface area contributed by atoms with Crippen LogP contribution in [0.3, 0.4) is 0 Å². The smallest absolute Gasteiger partial charge is 0.423 e. The quantitative estimate of drug-likeness (QED) is 0.555. The molecule has 2 rings (SSSR count). The van der Waals surface area contributed by atoms with E-state index < -0.39 is 28.6 Å². The van der Waals surface area contributed by atoms with Crippen molar-refractivity contribution in [2.45, 2.75) is 33.1 Å². The van der Waals surface area contributed by atoms with E-state index in [1.165, 1.54) is 23.1 Å². The van der Waals surface area contributed by atoms with E-state index in [0.29, 0.717) is 11.9 Å². The third-order valence-electron chi connectivity index (χ3n) is 3.30. The highest BCUT2D eigenvalue weighted by atomic mass is 19.4. The van der Waals surface area contributed by atoms with Crippen LogP contribution in [0.1, 0.15) is 26.3 Å². The van der Waals surface area contributed by atoms with Crippen molar-refractivity contribution >= 4 is 17.3 Å². The first-order valence-electron chi connectivity index (χ1n) is 7.76. The molecule has 7 nitrogen and oxygen atoms in total. The number of anilines is 2. The minimum absolute atomic E-state index is 0.0448. The standard InChI is InChI=1S/C16H17F3N4O3/c1-4-22(11-6-5-7-12(8-11)23(24)25)15-20-9-13(16(17,18)19)14(21-15)26-10(2)3/h5-10H,4H2,1-3H3. The van der Waals surface area contributed by atoms with E-state index in [4.69, 9.17) is 4.74 Å². The summed E-state index contributed by atoms with van der Waals surface area (Å²) in [6.07, 6.45) is -4.53. The Morgan fingerprint density at radius 1 is 1.35 bits per heavy atom. The maximum Gasteiger partial charge on any atom is 0.423 e. The minimum atomic E-state index is -4.66. The van der Waals surface area contributed by atoms with Crippen molar-refractivity contribution in [2.24, 2.45) is 0 Å². The Labute approximate surface area is 147 Å². The fourth-order valence-electron chi connectivity index (χ4n) is 2.21. The molecule has 0 aliphatic rings. The zero-order valence-corrected chi connectivity index (χ0v) is 14.3. The molecule has 26 heavy (non-hydrogen) atoms. The van der Waals surface area contributed by atoms with Crippen molar-refractivity contribution in [3.63, 3.8) is 0 Å². The van der Waals surface area contributed by atoms with Crippen molar-refractivity contribution in [2.75, 3.05) is 11.4 Å². The lowest BCUT2D eigenvalue weighted by atomic mass is 10.2. The van der Waals surface area contributed by atoms with Crippen LogP contribution in [0, 0.1) is 10.1 Å². The number of aromatic nitrogens is 2. The molecule has 0 radical (unpaired) electrons. The van der Waals surface area contributed by atoms with E-state index >= 15 is 0 Å². The number of nitro benzene ring substituents is 1. The Balaban J connectivity index is 2.51. The van der Waals surface area contributed by atoms with Gasteiger partial charge >= 0.3 is 6.18 Å². The van der Waals surface area contributed by atoms with Gasteiger partial charge in [0.05, 0.1) is 16.7 Å². The maximum atomic E-state index is 13.1. The summed E-state index contributed by atoms with van der Waals surface area (Å²) >= 11 is 0. The second-order valence-electron chi connectivity index (χ2n) is 5.57. The second-order valence-corrected chi connectivity index (χ2v) is 5.57. The minimum Gasteiger partial charge on any atom is -0.474 e. The summed E-state index contributed by atoms with van der Waals surface area (Å²) in [5.74, 6) is -0.627. The summed E-state index contributed by atoms with van der Waals surface area (Å²) in [5, 5.41) is 10.9. The van der Waals surface area contributed by atoms with Gasteiger partial charge in [-0.3, -0.25) is 10.1 Å². The summed E-state index contributed by atoms with van der Waals surface area (Å²) in [6.45, 7) is 5.18. The number of hydrogen-bond donors (Lipinski definition) is 0. The average Bonchev–Trinajstić information content (AvgIpc) is 2.54. The first-order chi connectivity index (χ1) is 12.1. The van der Waals surface area contributed by atoms with E-state index in [2.05, 4.69) is 9.97 Å². The van der Waals surface area contributed by atoms with Gasteiger partial charge in [-0.25, -0.2) is 4.98 Å². The highest BCUT2D eigenvalue weighted by Gasteiger charge is 2.37. The molecule has 0 amide bonds. The number of rotatable bonds is 6. The van der Waals surface area contributed by atoms with E-state index in [-0.39, 0.29) is 18.2 Å². The van der Waals surface area contributed by atoms with Gasteiger partial charge in [0.2, 0.25) is 11.8 Å². The van der Waals surface area contributed by atoms with Gasteiger partial charge in [-0.1, -0.05) is 6.07 Å². The summed E-state index contributed by atoms with van der Waals surface area (Å²) in [4.78, 5) is 19.5. The van der Waals surface area contributed by atoms with E-state index in [1.807, 2.05) is 0 Å².